The first-order chi connectivity index (χ1) is 10.7. The fraction of sp³-hybridized carbons (Fsp3) is 0.312. The van der Waals surface area contributed by atoms with Crippen LogP contribution in [-0.2, 0) is 19.4 Å². The Hall–Kier alpha value is -2.50. The number of benzene rings is 1. The van der Waals surface area contributed by atoms with Gasteiger partial charge in [-0.15, -0.1) is 0 Å². The topological polar surface area (TPSA) is 56.7 Å². The molecule has 0 unspecified atom stereocenters. The Labute approximate surface area is 127 Å². The summed E-state index contributed by atoms with van der Waals surface area (Å²) >= 11 is 0. The van der Waals surface area contributed by atoms with E-state index in [9.17, 15) is 4.39 Å². The number of oxazole rings is 1. The van der Waals surface area contributed by atoms with E-state index in [2.05, 4.69) is 15.1 Å². The summed E-state index contributed by atoms with van der Waals surface area (Å²) in [7, 11) is 0. The molecule has 0 saturated carbocycles. The second-order valence-corrected chi connectivity index (χ2v) is 4.94. The highest BCUT2D eigenvalue weighted by Gasteiger charge is 2.12. The zero-order valence-electron chi connectivity index (χ0n) is 12.6. The van der Waals surface area contributed by atoms with E-state index < -0.39 is 0 Å². The fourth-order valence-corrected chi connectivity index (χ4v) is 2.25. The Balaban J connectivity index is 1.84. The molecule has 0 aliphatic heterocycles. The first-order valence-electron chi connectivity index (χ1n) is 7.32. The van der Waals surface area contributed by atoms with Gasteiger partial charge in [-0.25, -0.2) is 19.0 Å². The standard InChI is InChI=1S/C16H17FN4O/c1-3-14-19-15(4-2)21(20-14)10-16-18-9-13(22-16)11-6-5-7-12(17)8-11/h5-9H,3-4,10H2,1-2H3. The van der Waals surface area contributed by atoms with Crippen LogP contribution in [0.25, 0.3) is 11.3 Å². The van der Waals surface area contributed by atoms with Gasteiger partial charge in [0.15, 0.2) is 11.6 Å². The van der Waals surface area contributed by atoms with Gasteiger partial charge in [-0.1, -0.05) is 26.0 Å². The zero-order valence-corrected chi connectivity index (χ0v) is 12.6. The van der Waals surface area contributed by atoms with Crippen LogP contribution in [0.15, 0.2) is 34.9 Å². The van der Waals surface area contributed by atoms with Gasteiger partial charge in [-0.3, -0.25) is 0 Å². The largest absolute Gasteiger partial charge is 0.439 e. The highest BCUT2D eigenvalue weighted by molar-refractivity contribution is 5.56. The number of aryl methyl sites for hydroxylation is 2. The lowest BCUT2D eigenvalue weighted by atomic mass is 10.2. The summed E-state index contributed by atoms with van der Waals surface area (Å²) < 4.78 is 20.8. The molecule has 3 aromatic rings. The lowest BCUT2D eigenvalue weighted by Gasteiger charge is -2.00. The smallest absolute Gasteiger partial charge is 0.216 e. The van der Waals surface area contributed by atoms with Crippen LogP contribution >= 0.6 is 0 Å². The molecular weight excluding hydrogens is 283 g/mol. The molecule has 6 heteroatoms. The summed E-state index contributed by atoms with van der Waals surface area (Å²) in [5, 5.41) is 4.44. The lowest BCUT2D eigenvalue weighted by Crippen LogP contribution is -2.06. The molecule has 114 valence electrons. The molecule has 0 bridgehead atoms. The maximum absolute atomic E-state index is 13.3. The Kier molecular flexibility index (Phi) is 4.00. The molecular formula is C16H17FN4O. The first kappa shape index (κ1) is 14.4. The predicted octanol–water partition coefficient (Wildman–Crippen LogP) is 3.25. The van der Waals surface area contributed by atoms with Crippen LogP contribution in [-0.4, -0.2) is 19.7 Å². The van der Waals surface area contributed by atoms with Crippen LogP contribution in [0.2, 0.25) is 0 Å². The molecule has 1 aromatic carbocycles. The summed E-state index contributed by atoms with van der Waals surface area (Å²) in [6.45, 7) is 4.48. The van der Waals surface area contributed by atoms with Gasteiger partial charge < -0.3 is 4.42 Å². The maximum Gasteiger partial charge on any atom is 0.216 e. The number of hydrogen-bond acceptors (Lipinski definition) is 4. The van der Waals surface area contributed by atoms with E-state index in [1.165, 1.54) is 12.1 Å². The second-order valence-electron chi connectivity index (χ2n) is 4.94. The average Bonchev–Trinajstić information content (AvgIpc) is 3.14. The maximum atomic E-state index is 13.3. The van der Waals surface area contributed by atoms with E-state index in [1.54, 1.807) is 23.0 Å². The third kappa shape index (κ3) is 2.90. The van der Waals surface area contributed by atoms with Gasteiger partial charge in [0.05, 0.1) is 6.20 Å². The zero-order chi connectivity index (χ0) is 15.5. The van der Waals surface area contributed by atoms with E-state index in [4.69, 9.17) is 4.42 Å². The van der Waals surface area contributed by atoms with E-state index >= 15 is 0 Å². The van der Waals surface area contributed by atoms with Crippen LogP contribution in [0.1, 0.15) is 31.4 Å². The van der Waals surface area contributed by atoms with Gasteiger partial charge >= 0.3 is 0 Å². The van der Waals surface area contributed by atoms with Gasteiger partial charge in [-0.2, -0.15) is 5.10 Å². The van der Waals surface area contributed by atoms with Crippen molar-refractivity contribution in [3.63, 3.8) is 0 Å². The van der Waals surface area contributed by atoms with Crippen LogP contribution < -0.4 is 0 Å². The molecule has 3 rings (SSSR count). The second kappa shape index (κ2) is 6.09. The normalized spacial score (nSPS) is 11.0. The minimum Gasteiger partial charge on any atom is -0.439 e. The average molecular weight is 300 g/mol. The van der Waals surface area contributed by atoms with Crippen molar-refractivity contribution in [2.45, 2.75) is 33.2 Å². The van der Waals surface area contributed by atoms with Gasteiger partial charge in [-0.05, 0) is 12.1 Å². The molecule has 0 fully saturated rings. The van der Waals surface area contributed by atoms with Gasteiger partial charge in [0, 0.05) is 18.4 Å². The van der Waals surface area contributed by atoms with Crippen molar-refractivity contribution in [2.75, 3.05) is 0 Å². The number of hydrogen-bond donors (Lipinski definition) is 0. The monoisotopic (exact) mass is 300 g/mol. The predicted molar refractivity (Wildman–Crippen MR) is 79.8 cm³/mol. The molecule has 5 nitrogen and oxygen atoms in total. The summed E-state index contributed by atoms with van der Waals surface area (Å²) in [5.41, 5.74) is 0.669. The molecule has 2 aromatic heterocycles. The van der Waals surface area contributed by atoms with E-state index in [-0.39, 0.29) is 5.82 Å². The van der Waals surface area contributed by atoms with Crippen molar-refractivity contribution < 1.29 is 8.81 Å². The molecule has 0 saturated heterocycles. The summed E-state index contributed by atoms with van der Waals surface area (Å²) in [6, 6.07) is 6.25. The first-order valence-corrected chi connectivity index (χ1v) is 7.32. The number of halogens is 1. The molecule has 0 aliphatic carbocycles. The lowest BCUT2D eigenvalue weighted by molar-refractivity contribution is 0.466. The van der Waals surface area contributed by atoms with Gasteiger partial charge in [0.25, 0.3) is 0 Å². The van der Waals surface area contributed by atoms with Crippen molar-refractivity contribution in [2.24, 2.45) is 0 Å². The number of rotatable bonds is 5. The van der Waals surface area contributed by atoms with Crippen LogP contribution in [0, 0.1) is 5.82 Å². The van der Waals surface area contributed by atoms with Crippen molar-refractivity contribution in [3.05, 3.63) is 53.8 Å². The highest BCUT2D eigenvalue weighted by Crippen LogP contribution is 2.21. The minimum absolute atomic E-state index is 0.299. The summed E-state index contributed by atoms with van der Waals surface area (Å²) in [5.74, 6) is 2.49. The van der Waals surface area contributed by atoms with Gasteiger partial charge in [0.2, 0.25) is 5.89 Å². The van der Waals surface area contributed by atoms with E-state index in [0.717, 1.165) is 24.5 Å². The van der Waals surface area contributed by atoms with Gasteiger partial charge in [0.1, 0.15) is 18.2 Å². The van der Waals surface area contributed by atoms with Crippen LogP contribution in [0.5, 0.6) is 0 Å². The Morgan fingerprint density at radius 2 is 2.09 bits per heavy atom. The van der Waals surface area contributed by atoms with Crippen LogP contribution in [0.4, 0.5) is 4.39 Å². The summed E-state index contributed by atoms with van der Waals surface area (Å²) in [6.07, 6.45) is 3.19. The SMILES string of the molecule is CCc1nc(CC)n(Cc2ncc(-c3cccc(F)c3)o2)n1. The molecule has 0 aliphatic rings. The molecule has 2 heterocycles. The third-order valence-electron chi connectivity index (χ3n) is 3.37. The Morgan fingerprint density at radius 1 is 1.23 bits per heavy atom. The van der Waals surface area contributed by atoms with Crippen LogP contribution in [0.3, 0.4) is 0 Å². The highest BCUT2D eigenvalue weighted by atomic mass is 19.1. The molecule has 0 radical (unpaired) electrons. The Bertz CT molecular complexity index is 778. The fourth-order valence-electron chi connectivity index (χ4n) is 2.25. The van der Waals surface area contributed by atoms with Crippen molar-refractivity contribution >= 4 is 0 Å². The minimum atomic E-state index is -0.299. The number of aromatic nitrogens is 4. The third-order valence-corrected chi connectivity index (χ3v) is 3.37. The number of nitrogens with zero attached hydrogens (tertiary/aromatic N) is 4. The van der Waals surface area contributed by atoms with Crippen molar-refractivity contribution in [1.82, 2.24) is 19.7 Å². The van der Waals surface area contributed by atoms with Crippen molar-refractivity contribution in [3.8, 4) is 11.3 Å². The van der Waals surface area contributed by atoms with Crippen molar-refractivity contribution in [1.29, 1.82) is 0 Å². The molecule has 0 atom stereocenters. The molecule has 0 amide bonds. The Morgan fingerprint density at radius 3 is 2.82 bits per heavy atom. The quantitative estimate of drug-likeness (QED) is 0.726. The van der Waals surface area contributed by atoms with E-state index in [1.807, 2.05) is 13.8 Å². The van der Waals surface area contributed by atoms with E-state index in [0.29, 0.717) is 23.8 Å². The summed E-state index contributed by atoms with van der Waals surface area (Å²) in [4.78, 5) is 8.70. The molecule has 0 spiro atoms. The molecule has 0 N–H and O–H groups in total. The molecule has 22 heavy (non-hydrogen) atoms.